The number of aromatic nitrogens is 4. The maximum Gasteiger partial charge on any atom is 0.251 e. The van der Waals surface area contributed by atoms with E-state index in [1.807, 2.05) is 41.6 Å². The highest BCUT2D eigenvalue weighted by Gasteiger charge is 2.64. The summed E-state index contributed by atoms with van der Waals surface area (Å²) in [6.45, 7) is 16.0. The Morgan fingerprint density at radius 3 is 2.44 bits per heavy atom. The lowest BCUT2D eigenvalue weighted by Crippen LogP contribution is -2.74. The first kappa shape index (κ1) is 46.6. The molecule has 4 aliphatic rings. The summed E-state index contributed by atoms with van der Waals surface area (Å²) in [6.07, 6.45) is 9.24. The Kier molecular flexibility index (Phi) is 13.4. The number of carbonyl (C=O) groups is 2. The fourth-order valence-corrected chi connectivity index (χ4v) is 11.1. The smallest absolute Gasteiger partial charge is 0.251 e. The summed E-state index contributed by atoms with van der Waals surface area (Å²) in [5.41, 5.74) is 8.98. The lowest BCUT2D eigenvalue weighted by atomic mass is 9.49. The zero-order chi connectivity index (χ0) is 47.6. The van der Waals surface area contributed by atoms with Gasteiger partial charge >= 0.3 is 0 Å². The summed E-state index contributed by atoms with van der Waals surface area (Å²) >= 11 is 0. The molecule has 15 heteroatoms. The van der Waals surface area contributed by atoms with E-state index in [2.05, 4.69) is 77.5 Å². The molecule has 3 aromatic heterocycles. The predicted octanol–water partition coefficient (Wildman–Crippen LogP) is 7.42. The average Bonchev–Trinajstić information content (AvgIpc) is 3.74. The van der Waals surface area contributed by atoms with Crippen molar-refractivity contribution < 1.29 is 23.8 Å². The van der Waals surface area contributed by atoms with Crippen molar-refractivity contribution in [3.63, 3.8) is 0 Å². The van der Waals surface area contributed by atoms with E-state index in [1.54, 1.807) is 25.1 Å². The van der Waals surface area contributed by atoms with Crippen molar-refractivity contribution >= 4 is 29.0 Å². The Labute approximate surface area is 399 Å². The number of rotatable bonds is 15. The molecule has 0 bridgehead atoms. The molecule has 0 spiro atoms. The zero-order valence-electron chi connectivity index (χ0n) is 40.2. The molecule has 3 N–H and O–H groups in total. The average molecular weight is 921 g/mol. The molecule has 68 heavy (non-hydrogen) atoms. The number of aryl methyl sites for hydroxylation is 1. The van der Waals surface area contributed by atoms with Gasteiger partial charge in [-0.1, -0.05) is 27.7 Å². The zero-order valence-corrected chi connectivity index (χ0v) is 40.2. The van der Waals surface area contributed by atoms with Crippen LogP contribution in [0.4, 0.5) is 17.2 Å². The number of methoxy groups -OCH3 is 1. The van der Waals surface area contributed by atoms with Gasteiger partial charge in [-0.3, -0.25) is 24.2 Å². The number of anilines is 3. The molecule has 15 nitrogen and oxygen atoms in total. The molecular formula is C53H64N10O5. The maximum atomic E-state index is 13.4. The van der Waals surface area contributed by atoms with Gasteiger partial charge in [-0.15, -0.1) is 0 Å². The summed E-state index contributed by atoms with van der Waals surface area (Å²) in [5, 5.41) is 24.9. The number of carbonyl (C=O) groups excluding carboxylic acids is 2. The van der Waals surface area contributed by atoms with Crippen molar-refractivity contribution in [1.82, 2.24) is 35.3 Å². The van der Waals surface area contributed by atoms with E-state index in [4.69, 9.17) is 29.3 Å². The molecule has 1 saturated heterocycles. The van der Waals surface area contributed by atoms with Crippen molar-refractivity contribution in [1.29, 1.82) is 5.26 Å². The molecule has 0 atom stereocenters. The van der Waals surface area contributed by atoms with Crippen molar-refractivity contribution in [2.75, 3.05) is 63.3 Å². The molecular weight excluding hydrogens is 857 g/mol. The van der Waals surface area contributed by atoms with Crippen LogP contribution in [-0.4, -0.2) is 102 Å². The number of nitrogens with one attached hydrogen (secondary N) is 3. The first-order valence-electron chi connectivity index (χ1n) is 24.1. The Balaban J connectivity index is 0.735. The van der Waals surface area contributed by atoms with Crippen molar-refractivity contribution in [3.05, 3.63) is 107 Å². The molecule has 356 valence electrons. The molecule has 0 radical (unpaired) electrons. The van der Waals surface area contributed by atoms with Crippen LogP contribution in [-0.2, 0) is 35.3 Å². The van der Waals surface area contributed by atoms with Crippen LogP contribution in [0.5, 0.6) is 11.5 Å². The predicted molar refractivity (Wildman–Crippen MR) is 261 cm³/mol. The largest absolute Gasteiger partial charge is 0.495 e. The number of benzene rings is 2. The Morgan fingerprint density at radius 2 is 1.72 bits per heavy atom. The number of nitrogens with zero attached hydrogens (tertiary/aromatic N) is 7. The van der Waals surface area contributed by atoms with Crippen LogP contribution in [0.1, 0.15) is 98.4 Å². The number of nitriles is 1. The van der Waals surface area contributed by atoms with Crippen LogP contribution < -0.4 is 30.3 Å². The second-order valence-corrected chi connectivity index (χ2v) is 19.7. The third-order valence-electron chi connectivity index (χ3n) is 14.5. The van der Waals surface area contributed by atoms with Gasteiger partial charge in [-0.05, 0) is 85.8 Å². The first-order valence-corrected chi connectivity index (χ1v) is 24.1. The van der Waals surface area contributed by atoms with Gasteiger partial charge in [0.15, 0.2) is 5.82 Å². The van der Waals surface area contributed by atoms with E-state index in [1.165, 1.54) is 23.9 Å². The number of pyridine rings is 2. The normalized spacial score (nSPS) is 19.5. The number of hydrogen-bond acceptors (Lipinski definition) is 12. The highest BCUT2D eigenvalue weighted by atomic mass is 16.5. The van der Waals surface area contributed by atoms with Crippen LogP contribution in [0.15, 0.2) is 73.1 Å². The molecule has 9 rings (SSSR count). The van der Waals surface area contributed by atoms with Gasteiger partial charge in [0, 0.05) is 129 Å². The first-order chi connectivity index (χ1) is 32.8. The molecule has 2 amide bonds. The monoisotopic (exact) mass is 921 g/mol. The number of amides is 2. The van der Waals surface area contributed by atoms with Gasteiger partial charge in [-0.2, -0.15) is 10.4 Å². The van der Waals surface area contributed by atoms with E-state index in [-0.39, 0.29) is 34.8 Å². The number of ether oxygens (including phenoxy) is 3. The van der Waals surface area contributed by atoms with E-state index in [9.17, 15) is 14.9 Å². The van der Waals surface area contributed by atoms with Crippen LogP contribution in [0.25, 0.3) is 11.3 Å². The lowest BCUT2D eigenvalue weighted by Gasteiger charge is -2.63. The molecule has 5 aromatic rings. The summed E-state index contributed by atoms with van der Waals surface area (Å²) in [5.74, 6) is 2.04. The van der Waals surface area contributed by atoms with Crippen LogP contribution in [0, 0.1) is 22.2 Å². The lowest BCUT2D eigenvalue weighted by molar-refractivity contribution is -0.164. The second kappa shape index (κ2) is 19.6. The van der Waals surface area contributed by atoms with Crippen LogP contribution in [0.2, 0.25) is 0 Å². The van der Waals surface area contributed by atoms with Gasteiger partial charge in [0.2, 0.25) is 5.91 Å². The molecule has 3 aliphatic heterocycles. The molecule has 1 saturated carbocycles. The van der Waals surface area contributed by atoms with E-state index >= 15 is 0 Å². The second-order valence-electron chi connectivity index (χ2n) is 19.7. The molecule has 2 aromatic carbocycles. The Bertz CT molecular complexity index is 2650. The van der Waals surface area contributed by atoms with E-state index in [0.29, 0.717) is 35.2 Å². The minimum Gasteiger partial charge on any atom is -0.495 e. The summed E-state index contributed by atoms with van der Waals surface area (Å²) in [4.78, 5) is 40.0. The van der Waals surface area contributed by atoms with E-state index < -0.39 is 0 Å². The fourth-order valence-electron chi connectivity index (χ4n) is 11.1. The quantitative estimate of drug-likeness (QED) is 0.0890. The summed E-state index contributed by atoms with van der Waals surface area (Å²) in [7, 11) is 1.54. The third-order valence-corrected chi connectivity index (χ3v) is 14.5. The Hall–Kier alpha value is -6.50. The van der Waals surface area contributed by atoms with Crippen molar-refractivity contribution in [3.8, 4) is 28.8 Å². The molecule has 6 heterocycles. The van der Waals surface area contributed by atoms with Gasteiger partial charge in [0.25, 0.3) is 5.91 Å². The van der Waals surface area contributed by atoms with Crippen molar-refractivity contribution in [2.45, 2.75) is 97.9 Å². The maximum absolute atomic E-state index is 13.4. The molecule has 1 aliphatic carbocycles. The van der Waals surface area contributed by atoms with Crippen molar-refractivity contribution in [2.24, 2.45) is 10.8 Å². The van der Waals surface area contributed by atoms with Gasteiger partial charge in [0.1, 0.15) is 23.7 Å². The van der Waals surface area contributed by atoms with E-state index in [0.717, 1.165) is 119 Å². The highest BCUT2D eigenvalue weighted by molar-refractivity contribution is 5.95. The standard InChI is InChI=1S/C53H64N10O5/c1-34(64)61-25-18-45-43(33-61)48(60-63(45)41-19-26-67-27-20-41)62-24-7-8-36-28-44(58-32-46(36)62)38-11-15-40(57-31-38)17-21-55-22-23-56-39-13-9-35(10-14-39)49(65)59-50-52(2,3)51(53(50,4)5)68-42-16-12-37(30-54)47(29-42)66-6/h9-16,28-29,31-32,41,50-51,55-56H,7-8,17-27,33H2,1-6H3,(H,59,65). The minimum absolute atomic E-state index is 0.101. The SMILES string of the molecule is COc1cc(OC2C(C)(C)C(NC(=O)c3ccc(NCCNCCc4ccc(-c5cc6c(cn5)N(c5nn(C7CCOCC7)c7c5CN(C(C)=O)CC7)CCC6)cn4)cc3)C2(C)C)ccc1C#N. The topological polar surface area (TPSA) is 172 Å². The van der Waals surface area contributed by atoms with Crippen LogP contribution in [0.3, 0.4) is 0 Å². The fraction of sp³-hybridized carbons (Fsp3) is 0.472. The van der Waals surface area contributed by atoms with Gasteiger partial charge in [-0.25, -0.2) is 0 Å². The number of hydrogen-bond donors (Lipinski definition) is 3. The summed E-state index contributed by atoms with van der Waals surface area (Å²) < 4.78 is 19.8. The summed E-state index contributed by atoms with van der Waals surface area (Å²) in [6, 6.07) is 21.5. The molecule has 2 fully saturated rings. The minimum atomic E-state index is -0.347. The van der Waals surface area contributed by atoms with Crippen LogP contribution >= 0.6 is 0 Å². The molecule has 0 unspecified atom stereocenters. The number of fused-ring (bicyclic) bond motifs is 2. The van der Waals surface area contributed by atoms with Gasteiger partial charge in [0.05, 0.1) is 42.8 Å². The third kappa shape index (κ3) is 9.36. The van der Waals surface area contributed by atoms with Gasteiger partial charge < -0.3 is 40.0 Å². The Morgan fingerprint density at radius 1 is 0.926 bits per heavy atom. The highest BCUT2D eigenvalue weighted by Crippen LogP contribution is 2.56.